The number of rotatable bonds is 5. The fourth-order valence-corrected chi connectivity index (χ4v) is 1.19. The molecule has 0 fully saturated rings. The fraction of sp³-hybridized carbons (Fsp3) is 0.364. The molecule has 0 atom stereocenters. The molecule has 0 aliphatic carbocycles. The van der Waals surface area contributed by atoms with E-state index in [-0.39, 0.29) is 12.4 Å². The lowest BCUT2D eigenvalue weighted by Gasteiger charge is -2.11. The van der Waals surface area contributed by atoms with E-state index < -0.39 is 12.3 Å². The van der Waals surface area contributed by atoms with Crippen molar-refractivity contribution in [2.24, 2.45) is 0 Å². The maximum absolute atomic E-state index is 12.0. The van der Waals surface area contributed by atoms with E-state index in [2.05, 4.69) is 14.8 Å². The average Bonchev–Trinajstić information content (AvgIpc) is 2.22. The van der Waals surface area contributed by atoms with Gasteiger partial charge in [0.25, 0.3) is 0 Å². The highest BCUT2D eigenvalue weighted by molar-refractivity contribution is 5.65. The van der Waals surface area contributed by atoms with E-state index >= 15 is 0 Å². The number of esters is 1. The maximum Gasteiger partial charge on any atom is 0.573 e. The van der Waals surface area contributed by atoms with Crippen LogP contribution in [0.1, 0.15) is 6.92 Å². The monoisotopic (exact) mass is 263 g/mol. The number of nitrogens with one attached hydrogen (secondary N) is 1. The van der Waals surface area contributed by atoms with E-state index in [0.717, 1.165) is 0 Å². The molecule has 18 heavy (non-hydrogen) atoms. The molecule has 1 N–H and O–H groups in total. The van der Waals surface area contributed by atoms with Crippen molar-refractivity contribution in [1.29, 1.82) is 0 Å². The number of hydrogen-bond donors (Lipinski definition) is 1. The molecule has 0 aliphatic heterocycles. The molecule has 1 aromatic carbocycles. The molecule has 0 aliphatic rings. The quantitative estimate of drug-likeness (QED) is 0.655. The number of carbonyl (C=O) groups excluding carboxylic acids is 1. The summed E-state index contributed by atoms with van der Waals surface area (Å²) in [5.74, 6) is -0.717. The van der Waals surface area contributed by atoms with Gasteiger partial charge in [-0.3, -0.25) is 4.79 Å². The van der Waals surface area contributed by atoms with Gasteiger partial charge in [0.2, 0.25) is 0 Å². The van der Waals surface area contributed by atoms with Crippen LogP contribution in [0.25, 0.3) is 0 Å². The lowest BCUT2D eigenvalue weighted by atomic mass is 10.3. The second-order valence-electron chi connectivity index (χ2n) is 3.34. The lowest BCUT2D eigenvalue weighted by Crippen LogP contribution is -2.17. The first-order valence-corrected chi connectivity index (χ1v) is 5.10. The zero-order valence-corrected chi connectivity index (χ0v) is 9.58. The fourth-order valence-electron chi connectivity index (χ4n) is 1.19. The SMILES string of the molecule is CC(=O)OCCNc1cccc(OC(F)(F)F)c1. The molecule has 4 nitrogen and oxygen atoms in total. The first kappa shape index (κ1) is 14.1. The third-order valence-electron chi connectivity index (χ3n) is 1.80. The van der Waals surface area contributed by atoms with Crippen molar-refractivity contribution in [2.75, 3.05) is 18.5 Å². The number of hydrogen-bond acceptors (Lipinski definition) is 4. The van der Waals surface area contributed by atoms with Crippen molar-refractivity contribution in [3.8, 4) is 5.75 Å². The Morgan fingerprint density at radius 3 is 2.72 bits per heavy atom. The van der Waals surface area contributed by atoms with Gasteiger partial charge < -0.3 is 14.8 Å². The van der Waals surface area contributed by atoms with Crippen LogP contribution in [0, 0.1) is 0 Å². The zero-order chi connectivity index (χ0) is 13.6. The minimum atomic E-state index is -4.71. The smallest absolute Gasteiger partial charge is 0.464 e. The Labute approximate surface area is 102 Å². The molecule has 0 bridgehead atoms. The number of ether oxygens (including phenoxy) is 2. The van der Waals surface area contributed by atoms with Gasteiger partial charge in [0.1, 0.15) is 12.4 Å². The Morgan fingerprint density at radius 2 is 2.11 bits per heavy atom. The van der Waals surface area contributed by atoms with E-state index in [9.17, 15) is 18.0 Å². The molecule has 0 saturated carbocycles. The van der Waals surface area contributed by atoms with Gasteiger partial charge in [-0.15, -0.1) is 13.2 Å². The van der Waals surface area contributed by atoms with Crippen LogP contribution in [0.5, 0.6) is 5.75 Å². The van der Waals surface area contributed by atoms with Gasteiger partial charge in [0.15, 0.2) is 0 Å². The van der Waals surface area contributed by atoms with E-state index in [4.69, 9.17) is 0 Å². The predicted molar refractivity (Wildman–Crippen MR) is 58.2 cm³/mol. The summed E-state index contributed by atoms with van der Waals surface area (Å²) in [5, 5.41) is 2.80. The summed E-state index contributed by atoms with van der Waals surface area (Å²) in [6, 6.07) is 5.41. The highest BCUT2D eigenvalue weighted by Crippen LogP contribution is 2.24. The van der Waals surface area contributed by atoms with Crippen molar-refractivity contribution in [3.05, 3.63) is 24.3 Å². The maximum atomic E-state index is 12.0. The summed E-state index contributed by atoms with van der Waals surface area (Å²) in [4.78, 5) is 10.5. The second kappa shape index (κ2) is 6.13. The van der Waals surface area contributed by atoms with Crippen molar-refractivity contribution < 1.29 is 27.4 Å². The Balaban J connectivity index is 2.47. The lowest BCUT2D eigenvalue weighted by molar-refractivity contribution is -0.274. The highest BCUT2D eigenvalue weighted by atomic mass is 19.4. The third-order valence-corrected chi connectivity index (χ3v) is 1.80. The molecule has 0 unspecified atom stereocenters. The summed E-state index contributed by atoms with van der Waals surface area (Å²) in [6.45, 7) is 1.71. The standard InChI is InChI=1S/C11H12F3NO3/c1-8(16)17-6-5-15-9-3-2-4-10(7-9)18-11(12,13)14/h2-4,7,15H,5-6H2,1H3. The van der Waals surface area contributed by atoms with Crippen LogP contribution in [-0.4, -0.2) is 25.5 Å². The van der Waals surface area contributed by atoms with Crippen LogP contribution < -0.4 is 10.1 Å². The number of halogens is 3. The van der Waals surface area contributed by atoms with Gasteiger partial charge in [-0.05, 0) is 12.1 Å². The highest BCUT2D eigenvalue weighted by Gasteiger charge is 2.31. The third kappa shape index (κ3) is 5.97. The van der Waals surface area contributed by atoms with Crippen molar-refractivity contribution in [2.45, 2.75) is 13.3 Å². The summed E-state index contributed by atoms with van der Waals surface area (Å²) >= 11 is 0. The molecule has 7 heteroatoms. The predicted octanol–water partition coefficient (Wildman–Crippen LogP) is 2.56. The Bertz CT molecular complexity index is 407. The molecule has 0 saturated heterocycles. The summed E-state index contributed by atoms with van der Waals surface area (Å²) < 4.78 is 44.3. The zero-order valence-electron chi connectivity index (χ0n) is 9.58. The van der Waals surface area contributed by atoms with E-state index in [0.29, 0.717) is 12.2 Å². The average molecular weight is 263 g/mol. The Kier molecular flexibility index (Phi) is 4.82. The molecule has 0 radical (unpaired) electrons. The van der Waals surface area contributed by atoms with Gasteiger partial charge in [0, 0.05) is 25.2 Å². The van der Waals surface area contributed by atoms with Crippen molar-refractivity contribution in [3.63, 3.8) is 0 Å². The molecule has 100 valence electrons. The summed E-state index contributed by atoms with van der Waals surface area (Å²) in [7, 11) is 0. The van der Waals surface area contributed by atoms with Gasteiger partial charge in [0.05, 0.1) is 0 Å². The van der Waals surface area contributed by atoms with Crippen LogP contribution in [0.15, 0.2) is 24.3 Å². The molecule has 1 rings (SSSR count). The molecule has 0 aromatic heterocycles. The van der Waals surface area contributed by atoms with Gasteiger partial charge >= 0.3 is 12.3 Å². The van der Waals surface area contributed by atoms with Crippen LogP contribution in [0.2, 0.25) is 0 Å². The van der Waals surface area contributed by atoms with E-state index in [1.54, 1.807) is 6.07 Å². The largest absolute Gasteiger partial charge is 0.573 e. The summed E-state index contributed by atoms with van der Waals surface area (Å²) in [5.41, 5.74) is 0.448. The van der Waals surface area contributed by atoms with Gasteiger partial charge in [-0.1, -0.05) is 6.07 Å². The van der Waals surface area contributed by atoms with Gasteiger partial charge in [-0.25, -0.2) is 0 Å². The molecule has 0 heterocycles. The van der Waals surface area contributed by atoms with Crippen molar-refractivity contribution >= 4 is 11.7 Å². The van der Waals surface area contributed by atoms with Gasteiger partial charge in [-0.2, -0.15) is 0 Å². The van der Waals surface area contributed by atoms with Crippen LogP contribution in [0.3, 0.4) is 0 Å². The summed E-state index contributed by atoms with van der Waals surface area (Å²) in [6.07, 6.45) is -4.71. The normalized spacial score (nSPS) is 10.9. The Morgan fingerprint density at radius 1 is 1.39 bits per heavy atom. The van der Waals surface area contributed by atoms with E-state index in [1.165, 1.54) is 25.1 Å². The first-order valence-electron chi connectivity index (χ1n) is 5.10. The molecular formula is C11H12F3NO3. The minimum absolute atomic E-state index is 0.139. The molecule has 0 spiro atoms. The number of carbonyl (C=O) groups is 1. The van der Waals surface area contributed by atoms with Crippen LogP contribution in [0.4, 0.5) is 18.9 Å². The second-order valence-corrected chi connectivity index (χ2v) is 3.34. The van der Waals surface area contributed by atoms with Crippen LogP contribution >= 0.6 is 0 Å². The van der Waals surface area contributed by atoms with E-state index in [1.807, 2.05) is 0 Å². The Hall–Kier alpha value is -1.92. The number of anilines is 1. The number of alkyl halides is 3. The first-order chi connectivity index (χ1) is 8.37. The molecular weight excluding hydrogens is 251 g/mol. The minimum Gasteiger partial charge on any atom is -0.464 e. The van der Waals surface area contributed by atoms with Crippen LogP contribution in [-0.2, 0) is 9.53 Å². The van der Waals surface area contributed by atoms with Crippen molar-refractivity contribution in [1.82, 2.24) is 0 Å². The molecule has 1 aromatic rings. The topological polar surface area (TPSA) is 47.6 Å². The molecule has 0 amide bonds. The number of benzene rings is 1.